The summed E-state index contributed by atoms with van der Waals surface area (Å²) in [5.41, 5.74) is 0.961. The third-order valence-electron chi connectivity index (χ3n) is 5.68. The fraction of sp³-hybridized carbons (Fsp3) is 0.789. The van der Waals surface area contributed by atoms with Gasteiger partial charge in [0.25, 0.3) is 0 Å². The number of methoxy groups -OCH3 is 1. The molecule has 3 N–H and O–H groups in total. The lowest BCUT2D eigenvalue weighted by atomic mass is 9.88. The van der Waals surface area contributed by atoms with Gasteiger partial charge in [0.15, 0.2) is 0 Å². The molecule has 7 nitrogen and oxygen atoms in total. The zero-order valence-electron chi connectivity index (χ0n) is 15.5. The van der Waals surface area contributed by atoms with Crippen LogP contribution in [0.5, 0.6) is 0 Å². The van der Waals surface area contributed by atoms with Gasteiger partial charge in [-0.05, 0) is 37.7 Å². The number of aromatic nitrogens is 2. The summed E-state index contributed by atoms with van der Waals surface area (Å²) in [4.78, 5) is 8.95. The average Bonchev–Trinajstić information content (AvgIpc) is 2.95. The fourth-order valence-electron chi connectivity index (χ4n) is 4.21. The standard InChI is InChI=1S/C19H31N3O4/c1-25-7-5-19-20-6-2-14(22-19)10-15-16(12-23)18(24)11-17(15)21-13-3-8-26-9-4-13/h2,6,13,15-18,21,23-24H,3-5,7-12H2,1H3. The quantitative estimate of drug-likeness (QED) is 0.611. The Balaban J connectivity index is 1.68. The van der Waals surface area contributed by atoms with E-state index < -0.39 is 6.10 Å². The molecule has 1 aliphatic heterocycles. The van der Waals surface area contributed by atoms with Gasteiger partial charge in [0.1, 0.15) is 5.82 Å². The summed E-state index contributed by atoms with van der Waals surface area (Å²) in [5, 5.41) is 24.0. The summed E-state index contributed by atoms with van der Waals surface area (Å²) in [5.74, 6) is 0.810. The highest BCUT2D eigenvalue weighted by Crippen LogP contribution is 2.35. The fourth-order valence-corrected chi connectivity index (χ4v) is 4.21. The van der Waals surface area contributed by atoms with Crippen molar-refractivity contribution in [1.82, 2.24) is 15.3 Å². The van der Waals surface area contributed by atoms with Gasteiger partial charge in [-0.1, -0.05) is 0 Å². The number of hydrogen-bond acceptors (Lipinski definition) is 7. The normalized spacial score (nSPS) is 30.0. The molecule has 2 heterocycles. The molecule has 26 heavy (non-hydrogen) atoms. The van der Waals surface area contributed by atoms with Crippen molar-refractivity contribution in [2.45, 2.75) is 50.3 Å². The van der Waals surface area contributed by atoms with E-state index in [-0.39, 0.29) is 24.5 Å². The third-order valence-corrected chi connectivity index (χ3v) is 5.68. The maximum atomic E-state index is 10.4. The molecule has 2 fully saturated rings. The van der Waals surface area contributed by atoms with Crippen molar-refractivity contribution >= 4 is 0 Å². The van der Waals surface area contributed by atoms with Gasteiger partial charge < -0.3 is 25.0 Å². The summed E-state index contributed by atoms with van der Waals surface area (Å²) >= 11 is 0. The largest absolute Gasteiger partial charge is 0.396 e. The minimum absolute atomic E-state index is 0.000589. The predicted octanol–water partition coefficient (Wildman–Crippen LogP) is 0.335. The van der Waals surface area contributed by atoms with Crippen LogP contribution < -0.4 is 5.32 Å². The molecule has 1 aromatic heterocycles. The van der Waals surface area contributed by atoms with Gasteiger partial charge >= 0.3 is 0 Å². The number of aliphatic hydroxyl groups excluding tert-OH is 2. The highest BCUT2D eigenvalue weighted by Gasteiger charge is 2.42. The lowest BCUT2D eigenvalue weighted by Crippen LogP contribution is -2.44. The zero-order chi connectivity index (χ0) is 18.4. The Morgan fingerprint density at radius 1 is 1.31 bits per heavy atom. The van der Waals surface area contributed by atoms with E-state index >= 15 is 0 Å². The Labute approximate surface area is 155 Å². The molecule has 0 spiro atoms. The number of nitrogens with zero attached hydrogens (tertiary/aromatic N) is 2. The monoisotopic (exact) mass is 365 g/mol. The molecular weight excluding hydrogens is 334 g/mol. The number of ether oxygens (including phenoxy) is 2. The highest BCUT2D eigenvalue weighted by atomic mass is 16.5. The maximum Gasteiger partial charge on any atom is 0.130 e. The van der Waals surface area contributed by atoms with E-state index in [4.69, 9.17) is 9.47 Å². The van der Waals surface area contributed by atoms with Gasteiger partial charge in [0.2, 0.25) is 0 Å². The number of aliphatic hydroxyl groups is 2. The second kappa shape index (κ2) is 9.71. The average molecular weight is 365 g/mol. The smallest absolute Gasteiger partial charge is 0.130 e. The van der Waals surface area contributed by atoms with E-state index in [9.17, 15) is 10.2 Å². The van der Waals surface area contributed by atoms with Crippen LogP contribution in [0.15, 0.2) is 12.3 Å². The third kappa shape index (κ3) is 4.98. The zero-order valence-corrected chi connectivity index (χ0v) is 15.5. The van der Waals surface area contributed by atoms with Crippen molar-refractivity contribution < 1.29 is 19.7 Å². The summed E-state index contributed by atoms with van der Waals surface area (Å²) in [6.07, 6.45) is 5.39. The molecule has 146 valence electrons. The first-order valence-electron chi connectivity index (χ1n) is 9.63. The van der Waals surface area contributed by atoms with E-state index in [0.717, 1.165) is 44.0 Å². The Morgan fingerprint density at radius 3 is 2.85 bits per heavy atom. The summed E-state index contributed by atoms with van der Waals surface area (Å²) in [6, 6.07) is 2.53. The molecule has 3 rings (SSSR count). The van der Waals surface area contributed by atoms with Crippen molar-refractivity contribution in [3.8, 4) is 0 Å². The van der Waals surface area contributed by atoms with Crippen molar-refractivity contribution in [2.24, 2.45) is 11.8 Å². The van der Waals surface area contributed by atoms with Crippen LogP contribution in [0.25, 0.3) is 0 Å². The van der Waals surface area contributed by atoms with Crippen molar-refractivity contribution in [3.05, 3.63) is 23.8 Å². The highest BCUT2D eigenvalue weighted by molar-refractivity contribution is 5.08. The molecular formula is C19H31N3O4. The first-order chi connectivity index (χ1) is 12.7. The Hall–Kier alpha value is -1.12. The second-order valence-corrected chi connectivity index (χ2v) is 7.38. The molecule has 1 aromatic rings. The molecule has 0 amide bonds. The van der Waals surface area contributed by atoms with Crippen molar-refractivity contribution in [2.75, 3.05) is 33.5 Å². The Morgan fingerprint density at radius 2 is 2.12 bits per heavy atom. The van der Waals surface area contributed by atoms with Crippen LogP contribution in [0.2, 0.25) is 0 Å². The summed E-state index contributed by atoms with van der Waals surface area (Å²) < 4.78 is 10.5. The molecule has 0 radical (unpaired) electrons. The summed E-state index contributed by atoms with van der Waals surface area (Å²) in [7, 11) is 1.67. The molecule has 2 aliphatic rings. The van der Waals surface area contributed by atoms with Gasteiger partial charge in [-0.25, -0.2) is 9.97 Å². The van der Waals surface area contributed by atoms with E-state index in [1.165, 1.54) is 0 Å². The minimum Gasteiger partial charge on any atom is -0.396 e. The summed E-state index contributed by atoms with van der Waals surface area (Å²) in [6.45, 7) is 2.17. The SMILES string of the molecule is COCCc1nccc(CC2C(NC3CCOCC3)CC(O)C2CO)n1. The van der Waals surface area contributed by atoms with Crippen molar-refractivity contribution in [3.63, 3.8) is 0 Å². The van der Waals surface area contributed by atoms with Crippen LogP contribution in [0.4, 0.5) is 0 Å². The molecule has 0 aromatic carbocycles. The van der Waals surface area contributed by atoms with Gasteiger partial charge in [-0.3, -0.25) is 0 Å². The lowest BCUT2D eigenvalue weighted by molar-refractivity contribution is 0.0678. The minimum atomic E-state index is -0.475. The molecule has 4 atom stereocenters. The van der Waals surface area contributed by atoms with Crippen LogP contribution in [0, 0.1) is 11.8 Å². The van der Waals surface area contributed by atoms with Gasteiger partial charge in [0, 0.05) is 63.2 Å². The van der Waals surface area contributed by atoms with Gasteiger partial charge in [-0.15, -0.1) is 0 Å². The number of nitrogens with one attached hydrogen (secondary N) is 1. The van der Waals surface area contributed by atoms with Gasteiger partial charge in [0.05, 0.1) is 12.7 Å². The predicted molar refractivity (Wildman–Crippen MR) is 96.8 cm³/mol. The molecule has 1 saturated heterocycles. The van der Waals surface area contributed by atoms with E-state index in [1.54, 1.807) is 13.3 Å². The van der Waals surface area contributed by atoms with Crippen LogP contribution in [0.3, 0.4) is 0 Å². The first-order valence-corrected chi connectivity index (χ1v) is 9.63. The topological polar surface area (TPSA) is 96.7 Å². The maximum absolute atomic E-state index is 10.4. The lowest BCUT2D eigenvalue weighted by Gasteiger charge is -2.31. The van der Waals surface area contributed by atoms with Crippen LogP contribution in [0.1, 0.15) is 30.8 Å². The van der Waals surface area contributed by atoms with Crippen molar-refractivity contribution in [1.29, 1.82) is 0 Å². The van der Waals surface area contributed by atoms with E-state index in [0.29, 0.717) is 25.5 Å². The van der Waals surface area contributed by atoms with Crippen LogP contribution in [-0.2, 0) is 22.3 Å². The second-order valence-electron chi connectivity index (χ2n) is 7.38. The Bertz CT molecular complexity index is 553. The molecule has 4 unspecified atom stereocenters. The number of hydrogen-bond donors (Lipinski definition) is 3. The molecule has 1 saturated carbocycles. The van der Waals surface area contributed by atoms with E-state index in [1.807, 2.05) is 6.07 Å². The number of rotatable bonds is 8. The van der Waals surface area contributed by atoms with Crippen LogP contribution in [-0.4, -0.2) is 71.9 Å². The molecule has 0 bridgehead atoms. The molecule has 1 aliphatic carbocycles. The molecule has 7 heteroatoms. The Kier molecular flexibility index (Phi) is 7.33. The van der Waals surface area contributed by atoms with Gasteiger partial charge in [-0.2, -0.15) is 0 Å². The first kappa shape index (κ1) is 19.6. The van der Waals surface area contributed by atoms with Crippen LogP contribution >= 0.6 is 0 Å². The van der Waals surface area contributed by atoms with E-state index in [2.05, 4.69) is 15.3 Å².